The number of hydroxylamine groups is 2. The molecule has 7 nitrogen and oxygen atoms in total. The summed E-state index contributed by atoms with van der Waals surface area (Å²) in [7, 11) is -2.33. The van der Waals surface area contributed by atoms with Gasteiger partial charge in [-0.25, -0.2) is 13.1 Å². The van der Waals surface area contributed by atoms with Crippen molar-refractivity contribution in [2.24, 2.45) is 5.92 Å². The highest BCUT2D eigenvalue weighted by molar-refractivity contribution is 7.90. The first-order valence-corrected chi connectivity index (χ1v) is 9.66. The van der Waals surface area contributed by atoms with Crippen molar-refractivity contribution >= 4 is 26.8 Å². The summed E-state index contributed by atoms with van der Waals surface area (Å²) in [4.78, 5) is 21.5. The Morgan fingerprint density at radius 2 is 2.00 bits per heavy atom. The molecule has 1 N–H and O–H groups in total. The normalized spacial score (nSPS) is 16.8. The molecule has 3 rings (SSSR count). The molecule has 0 atom stereocenters. The summed E-state index contributed by atoms with van der Waals surface area (Å²) in [6, 6.07) is 8.41. The Morgan fingerprint density at radius 1 is 1.28 bits per heavy atom. The molecule has 1 aromatic heterocycles. The lowest BCUT2D eigenvalue weighted by Gasteiger charge is -2.29. The van der Waals surface area contributed by atoms with Gasteiger partial charge < -0.3 is 4.84 Å². The molecule has 0 saturated carbocycles. The van der Waals surface area contributed by atoms with Crippen LogP contribution in [0.1, 0.15) is 19.3 Å². The second-order valence-electron chi connectivity index (χ2n) is 6.12. The maximum atomic E-state index is 12.6. The quantitative estimate of drug-likeness (QED) is 0.870. The van der Waals surface area contributed by atoms with Crippen LogP contribution in [-0.4, -0.2) is 44.6 Å². The summed E-state index contributed by atoms with van der Waals surface area (Å²) < 4.78 is 27.4. The number of sulfonamides is 1. The lowest BCUT2D eigenvalue weighted by molar-refractivity contribution is -0.149. The summed E-state index contributed by atoms with van der Waals surface area (Å²) in [5.41, 5.74) is 0.360. The highest BCUT2D eigenvalue weighted by Gasteiger charge is 2.25. The molecule has 1 fully saturated rings. The van der Waals surface area contributed by atoms with Crippen LogP contribution in [0.5, 0.6) is 0 Å². The van der Waals surface area contributed by atoms with E-state index in [-0.39, 0.29) is 17.2 Å². The number of rotatable bonds is 5. The van der Waals surface area contributed by atoms with E-state index in [1.165, 1.54) is 12.3 Å². The number of nitrogens with zero attached hydrogens (tertiary/aromatic N) is 2. The predicted octanol–water partition coefficient (Wildman–Crippen LogP) is 1.70. The fourth-order valence-corrected chi connectivity index (χ4v) is 4.27. The van der Waals surface area contributed by atoms with Gasteiger partial charge in [0, 0.05) is 31.1 Å². The Labute approximate surface area is 147 Å². The first kappa shape index (κ1) is 17.8. The van der Waals surface area contributed by atoms with E-state index in [2.05, 4.69) is 9.71 Å². The van der Waals surface area contributed by atoms with Crippen molar-refractivity contribution < 1.29 is 18.0 Å². The second-order valence-corrected chi connectivity index (χ2v) is 7.77. The molecule has 2 heterocycles. The molecule has 25 heavy (non-hydrogen) atoms. The monoisotopic (exact) mass is 363 g/mol. The van der Waals surface area contributed by atoms with Crippen molar-refractivity contribution in [3.63, 3.8) is 0 Å². The van der Waals surface area contributed by atoms with Gasteiger partial charge in [-0.15, -0.1) is 0 Å². The number of carbonyl (C=O) groups is 1. The first-order chi connectivity index (χ1) is 12.0. The number of aromatic nitrogens is 1. The summed E-state index contributed by atoms with van der Waals surface area (Å²) in [6.07, 6.45) is 3.33. The van der Waals surface area contributed by atoms with Crippen LogP contribution in [0.15, 0.2) is 41.4 Å². The number of para-hydroxylation sites is 1. The SMILES string of the molecule is CON1CCC(CC(=O)NS(=O)(=O)c2cccc3cccnc23)CC1. The topological polar surface area (TPSA) is 88.6 Å². The van der Waals surface area contributed by atoms with Gasteiger partial charge in [-0.2, -0.15) is 5.06 Å². The van der Waals surface area contributed by atoms with Gasteiger partial charge in [0.1, 0.15) is 4.90 Å². The molecule has 2 aromatic rings. The molecule has 0 aliphatic carbocycles. The lowest BCUT2D eigenvalue weighted by atomic mass is 9.94. The van der Waals surface area contributed by atoms with Gasteiger partial charge in [0.15, 0.2) is 0 Å². The van der Waals surface area contributed by atoms with Crippen LogP contribution in [0.4, 0.5) is 0 Å². The van der Waals surface area contributed by atoms with Gasteiger partial charge in [0.2, 0.25) is 5.91 Å². The Bertz CT molecular complexity index is 856. The van der Waals surface area contributed by atoms with Crippen molar-refractivity contribution in [3.8, 4) is 0 Å². The predicted molar refractivity (Wildman–Crippen MR) is 93.0 cm³/mol. The minimum atomic E-state index is -3.95. The Kier molecular flexibility index (Phi) is 5.31. The van der Waals surface area contributed by atoms with Gasteiger partial charge in [0.05, 0.1) is 12.6 Å². The zero-order chi connectivity index (χ0) is 17.9. The number of benzene rings is 1. The van der Waals surface area contributed by atoms with Crippen molar-refractivity contribution in [2.45, 2.75) is 24.2 Å². The molecule has 1 aromatic carbocycles. The summed E-state index contributed by atoms with van der Waals surface area (Å²) in [5.74, 6) is -0.323. The fourth-order valence-electron chi connectivity index (χ4n) is 3.10. The third kappa shape index (κ3) is 4.15. The number of fused-ring (bicyclic) bond motifs is 1. The molecule has 0 radical (unpaired) electrons. The highest BCUT2D eigenvalue weighted by atomic mass is 32.2. The van der Waals surface area contributed by atoms with Crippen LogP contribution in [0, 0.1) is 5.92 Å². The summed E-state index contributed by atoms with van der Waals surface area (Å²) in [5, 5.41) is 2.55. The largest absolute Gasteiger partial charge is 0.302 e. The molecule has 1 saturated heterocycles. The standard InChI is InChI=1S/C17H21N3O4S/c1-24-20-10-7-13(8-11-20)12-16(21)19-25(22,23)15-6-2-4-14-5-3-9-18-17(14)15/h2-6,9,13H,7-8,10-12H2,1H3,(H,19,21). The van der Waals surface area contributed by atoms with E-state index in [9.17, 15) is 13.2 Å². The lowest BCUT2D eigenvalue weighted by Crippen LogP contribution is -2.36. The smallest absolute Gasteiger partial charge is 0.266 e. The molecule has 0 bridgehead atoms. The first-order valence-electron chi connectivity index (χ1n) is 8.18. The second kappa shape index (κ2) is 7.47. The molecular weight excluding hydrogens is 342 g/mol. The molecule has 0 unspecified atom stereocenters. The fraction of sp³-hybridized carbons (Fsp3) is 0.412. The molecule has 1 aliphatic rings. The zero-order valence-corrected chi connectivity index (χ0v) is 14.8. The Hall–Kier alpha value is -2.03. The third-order valence-electron chi connectivity index (χ3n) is 4.44. The van der Waals surface area contributed by atoms with E-state index in [0.29, 0.717) is 10.9 Å². The number of amides is 1. The van der Waals surface area contributed by atoms with Gasteiger partial charge in [-0.3, -0.25) is 9.78 Å². The number of carbonyl (C=O) groups excluding carboxylic acids is 1. The van der Waals surface area contributed by atoms with Crippen molar-refractivity contribution in [1.82, 2.24) is 14.8 Å². The summed E-state index contributed by atoms with van der Waals surface area (Å²) >= 11 is 0. The number of pyridine rings is 1. The Morgan fingerprint density at radius 3 is 2.72 bits per heavy atom. The average molecular weight is 363 g/mol. The van der Waals surface area contributed by atoms with E-state index >= 15 is 0 Å². The van der Waals surface area contributed by atoms with E-state index in [1.54, 1.807) is 31.4 Å². The highest BCUT2D eigenvalue weighted by Crippen LogP contribution is 2.22. The maximum Gasteiger partial charge on any atom is 0.266 e. The van der Waals surface area contributed by atoms with Gasteiger partial charge in [-0.05, 0) is 30.9 Å². The maximum absolute atomic E-state index is 12.6. The van der Waals surface area contributed by atoms with E-state index in [1.807, 2.05) is 5.06 Å². The summed E-state index contributed by atoms with van der Waals surface area (Å²) in [6.45, 7) is 1.49. The van der Waals surface area contributed by atoms with Crippen molar-refractivity contribution in [3.05, 3.63) is 36.5 Å². The van der Waals surface area contributed by atoms with Crippen LogP contribution >= 0.6 is 0 Å². The van der Waals surface area contributed by atoms with Gasteiger partial charge >= 0.3 is 0 Å². The minimum absolute atomic E-state index is 0.0214. The molecule has 1 amide bonds. The number of piperidine rings is 1. The molecular formula is C17H21N3O4S. The van der Waals surface area contributed by atoms with E-state index in [0.717, 1.165) is 25.9 Å². The number of hydrogen-bond acceptors (Lipinski definition) is 6. The molecule has 0 spiro atoms. The van der Waals surface area contributed by atoms with Crippen molar-refractivity contribution in [2.75, 3.05) is 20.2 Å². The van der Waals surface area contributed by atoms with Gasteiger partial charge in [-0.1, -0.05) is 18.2 Å². The van der Waals surface area contributed by atoms with Crippen LogP contribution in [0.3, 0.4) is 0 Å². The number of hydrogen-bond donors (Lipinski definition) is 1. The van der Waals surface area contributed by atoms with Gasteiger partial charge in [0.25, 0.3) is 10.0 Å². The molecule has 8 heteroatoms. The van der Waals surface area contributed by atoms with Crippen LogP contribution in [-0.2, 0) is 19.7 Å². The molecule has 134 valence electrons. The minimum Gasteiger partial charge on any atom is -0.302 e. The van der Waals surface area contributed by atoms with Crippen LogP contribution in [0.2, 0.25) is 0 Å². The van der Waals surface area contributed by atoms with Crippen LogP contribution in [0.25, 0.3) is 10.9 Å². The number of nitrogens with one attached hydrogen (secondary N) is 1. The van der Waals surface area contributed by atoms with E-state index < -0.39 is 15.9 Å². The van der Waals surface area contributed by atoms with E-state index in [4.69, 9.17) is 4.84 Å². The molecule has 1 aliphatic heterocycles. The van der Waals surface area contributed by atoms with Crippen molar-refractivity contribution in [1.29, 1.82) is 0 Å². The average Bonchev–Trinajstić information content (AvgIpc) is 2.61. The zero-order valence-electron chi connectivity index (χ0n) is 14.0. The third-order valence-corrected chi connectivity index (χ3v) is 5.84. The Balaban J connectivity index is 1.70. The van der Waals surface area contributed by atoms with Crippen LogP contribution < -0.4 is 4.72 Å².